The second kappa shape index (κ2) is 15.1. The van der Waals surface area contributed by atoms with E-state index in [4.69, 9.17) is 13.7 Å². The number of carbonyl (C=O) groups excluding carboxylic acids is 1. The first-order valence-corrected chi connectivity index (χ1v) is 16.1. The van der Waals surface area contributed by atoms with E-state index in [-0.39, 0.29) is 17.4 Å². The van der Waals surface area contributed by atoms with Crippen molar-refractivity contribution < 1.29 is 26.9 Å². The van der Waals surface area contributed by atoms with Gasteiger partial charge < -0.3 is 9.47 Å². The van der Waals surface area contributed by atoms with Crippen LogP contribution in [0.5, 0.6) is 0 Å². The lowest BCUT2D eigenvalue weighted by molar-refractivity contribution is -0.153. The number of carbonyl (C=O) groups is 1. The van der Waals surface area contributed by atoms with Crippen molar-refractivity contribution in [1.29, 1.82) is 0 Å². The average Bonchev–Trinajstić information content (AvgIpc) is 3.02. The fourth-order valence-corrected chi connectivity index (χ4v) is 6.57. The highest BCUT2D eigenvalue weighted by molar-refractivity contribution is 7.86. The monoisotopic (exact) mass is 612 g/mol. The first-order chi connectivity index (χ1) is 21.2. The summed E-state index contributed by atoms with van der Waals surface area (Å²) in [5.41, 5.74) is 2.70. The van der Waals surface area contributed by atoms with E-state index in [0.717, 1.165) is 22.3 Å². The number of benzene rings is 4. The van der Waals surface area contributed by atoms with Crippen LogP contribution < -0.4 is 0 Å². The molecule has 0 fully saturated rings. The summed E-state index contributed by atoms with van der Waals surface area (Å²) in [6.45, 7) is 8.99. The van der Waals surface area contributed by atoms with Crippen LogP contribution in [0.4, 0.5) is 0 Å². The van der Waals surface area contributed by atoms with Crippen molar-refractivity contribution in [3.63, 3.8) is 0 Å². The minimum Gasteiger partial charge on any atom is -0.460 e. The predicted molar refractivity (Wildman–Crippen MR) is 173 cm³/mol. The molecule has 0 amide bonds. The number of esters is 1. The first-order valence-electron chi connectivity index (χ1n) is 14.7. The van der Waals surface area contributed by atoms with Crippen molar-refractivity contribution in [3.05, 3.63) is 150 Å². The molecule has 7 heteroatoms. The molecule has 4 aromatic rings. The van der Waals surface area contributed by atoms with Gasteiger partial charge in [-0.1, -0.05) is 122 Å². The van der Waals surface area contributed by atoms with Gasteiger partial charge in [-0.2, -0.15) is 8.42 Å². The minimum absolute atomic E-state index is 0.0497. The lowest BCUT2D eigenvalue weighted by Gasteiger charge is -2.37. The zero-order chi connectivity index (χ0) is 31.6. The molecule has 230 valence electrons. The van der Waals surface area contributed by atoms with Gasteiger partial charge >= 0.3 is 5.97 Å². The minimum atomic E-state index is -4.03. The molecule has 44 heavy (non-hydrogen) atoms. The maximum atomic E-state index is 13.2. The topological polar surface area (TPSA) is 78.9 Å². The number of hydrogen-bond acceptors (Lipinski definition) is 6. The van der Waals surface area contributed by atoms with Gasteiger partial charge in [0.1, 0.15) is 11.7 Å². The van der Waals surface area contributed by atoms with Crippen molar-refractivity contribution in [2.75, 3.05) is 6.61 Å². The third-order valence-corrected chi connectivity index (χ3v) is 8.94. The largest absolute Gasteiger partial charge is 0.460 e. The molecule has 0 bridgehead atoms. The molecule has 0 aromatic heterocycles. The lowest BCUT2D eigenvalue weighted by Crippen LogP contribution is -2.38. The molecule has 6 nitrogen and oxygen atoms in total. The van der Waals surface area contributed by atoms with Crippen LogP contribution in [0.25, 0.3) is 0 Å². The van der Waals surface area contributed by atoms with Gasteiger partial charge in [0.15, 0.2) is 0 Å². The van der Waals surface area contributed by atoms with Gasteiger partial charge in [-0.3, -0.25) is 8.98 Å². The molecule has 0 saturated heterocycles. The normalized spacial score (nSPS) is 13.9. The fourth-order valence-electron chi connectivity index (χ4n) is 5.39. The molecule has 0 heterocycles. The summed E-state index contributed by atoms with van der Waals surface area (Å²) in [6, 6.07) is 36.3. The maximum Gasteiger partial charge on any atom is 0.302 e. The molecular weight excluding hydrogens is 572 g/mol. The molecule has 0 N–H and O–H groups in total. The summed E-state index contributed by atoms with van der Waals surface area (Å²) in [5.74, 6) is -0.787. The zero-order valence-electron chi connectivity index (χ0n) is 25.5. The van der Waals surface area contributed by atoms with E-state index >= 15 is 0 Å². The molecule has 4 rings (SSSR count). The van der Waals surface area contributed by atoms with Crippen molar-refractivity contribution >= 4 is 16.1 Å². The molecule has 4 aromatic carbocycles. The van der Waals surface area contributed by atoms with Crippen LogP contribution in [-0.2, 0) is 34.2 Å². The van der Waals surface area contributed by atoms with Crippen molar-refractivity contribution in [2.24, 2.45) is 5.92 Å². The Morgan fingerprint density at radius 3 is 1.73 bits per heavy atom. The Labute approximate surface area is 261 Å². The van der Waals surface area contributed by atoms with E-state index in [1.165, 1.54) is 19.1 Å². The second-order valence-corrected chi connectivity index (χ2v) is 12.5. The molecule has 0 saturated carbocycles. The number of rotatable bonds is 15. The van der Waals surface area contributed by atoms with Gasteiger partial charge in [0, 0.05) is 6.92 Å². The highest BCUT2D eigenvalue weighted by atomic mass is 32.2. The Morgan fingerprint density at radius 1 is 0.818 bits per heavy atom. The standard InChI is InChI=1S/C37H40O6S/c1-5-15-36(43-44(39,40)35-24-22-28(2)23-25-35)29(3)26-34(42-30(4)38)27-41-37(31-16-9-6-10-17-31,32-18-11-7-12-19-32)33-20-13-8-14-21-33/h5-14,16-25,29,34,36H,1,15,26-27H2,2-4H3/t29-,34+,36+/m0/s1. The summed E-state index contributed by atoms with van der Waals surface area (Å²) in [7, 11) is -4.03. The summed E-state index contributed by atoms with van der Waals surface area (Å²) < 4.78 is 44.8. The van der Waals surface area contributed by atoms with Crippen LogP contribution >= 0.6 is 0 Å². The molecule has 0 spiro atoms. The van der Waals surface area contributed by atoms with Crippen LogP contribution in [0.1, 0.15) is 48.9 Å². The Morgan fingerprint density at radius 2 is 1.30 bits per heavy atom. The van der Waals surface area contributed by atoms with Gasteiger partial charge in [-0.15, -0.1) is 6.58 Å². The smallest absolute Gasteiger partial charge is 0.302 e. The van der Waals surface area contributed by atoms with Crippen LogP contribution in [0.15, 0.2) is 133 Å². The Kier molecular flexibility index (Phi) is 11.3. The van der Waals surface area contributed by atoms with E-state index < -0.39 is 33.9 Å². The molecule has 0 radical (unpaired) electrons. The average molecular weight is 613 g/mol. The fraction of sp³-hybridized carbons (Fsp3) is 0.270. The van der Waals surface area contributed by atoms with Crippen molar-refractivity contribution in [2.45, 2.75) is 56.3 Å². The maximum absolute atomic E-state index is 13.2. The zero-order valence-corrected chi connectivity index (χ0v) is 26.3. The highest BCUT2D eigenvalue weighted by Gasteiger charge is 2.39. The van der Waals surface area contributed by atoms with Crippen LogP contribution in [0.3, 0.4) is 0 Å². The Balaban J connectivity index is 1.65. The SMILES string of the molecule is C=CC[C@@H](OS(=O)(=O)c1ccc(C)cc1)[C@@H](C)C[C@H](COC(c1ccccc1)(c1ccccc1)c1ccccc1)OC(C)=O. The van der Waals surface area contributed by atoms with E-state index in [1.807, 2.05) is 105 Å². The summed E-state index contributed by atoms with van der Waals surface area (Å²) in [4.78, 5) is 12.4. The van der Waals surface area contributed by atoms with E-state index in [0.29, 0.717) is 12.8 Å². The molecule has 0 aliphatic rings. The van der Waals surface area contributed by atoms with Crippen LogP contribution in [0, 0.1) is 12.8 Å². The number of hydrogen-bond donors (Lipinski definition) is 0. The van der Waals surface area contributed by atoms with Crippen molar-refractivity contribution in [1.82, 2.24) is 0 Å². The van der Waals surface area contributed by atoms with Gasteiger partial charge in [-0.25, -0.2) is 0 Å². The van der Waals surface area contributed by atoms with Gasteiger partial charge in [0.05, 0.1) is 17.6 Å². The molecule has 0 aliphatic heterocycles. The molecule has 0 unspecified atom stereocenters. The predicted octanol–water partition coefficient (Wildman–Crippen LogP) is 7.61. The summed E-state index contributed by atoms with van der Waals surface area (Å²) in [6.07, 6.45) is 0.821. The van der Waals surface area contributed by atoms with E-state index in [2.05, 4.69) is 6.58 Å². The quantitative estimate of drug-likeness (QED) is 0.0595. The molecular formula is C37H40O6S. The van der Waals surface area contributed by atoms with Gasteiger partial charge in [0.2, 0.25) is 0 Å². The third kappa shape index (κ3) is 8.11. The van der Waals surface area contributed by atoms with Crippen LogP contribution in [-0.4, -0.2) is 33.2 Å². The number of aryl methyl sites for hydroxylation is 1. The van der Waals surface area contributed by atoms with Crippen molar-refractivity contribution in [3.8, 4) is 0 Å². The van der Waals surface area contributed by atoms with Crippen LogP contribution in [0.2, 0.25) is 0 Å². The third-order valence-electron chi connectivity index (χ3n) is 7.59. The van der Waals surface area contributed by atoms with Gasteiger partial charge in [0.25, 0.3) is 10.1 Å². The Bertz CT molecular complexity index is 1490. The molecule has 3 atom stereocenters. The first kappa shape index (κ1) is 32.9. The lowest BCUT2D eigenvalue weighted by atomic mass is 9.80. The Hall–Kier alpha value is -4.04. The number of ether oxygens (including phenoxy) is 2. The molecule has 0 aliphatic carbocycles. The highest BCUT2D eigenvalue weighted by Crippen LogP contribution is 2.41. The van der Waals surface area contributed by atoms with Gasteiger partial charge in [-0.05, 0) is 54.5 Å². The summed E-state index contributed by atoms with van der Waals surface area (Å²) >= 11 is 0. The summed E-state index contributed by atoms with van der Waals surface area (Å²) in [5, 5.41) is 0. The second-order valence-electron chi connectivity index (χ2n) is 11.0. The van der Waals surface area contributed by atoms with E-state index in [1.54, 1.807) is 18.2 Å². The van der Waals surface area contributed by atoms with E-state index in [9.17, 15) is 13.2 Å².